The van der Waals surface area contributed by atoms with Gasteiger partial charge < -0.3 is 9.64 Å². The van der Waals surface area contributed by atoms with Gasteiger partial charge in [0, 0.05) is 13.1 Å². The predicted molar refractivity (Wildman–Crippen MR) is 61.2 cm³/mol. The van der Waals surface area contributed by atoms with Crippen molar-refractivity contribution in [3.8, 4) is 5.75 Å². The lowest BCUT2D eigenvalue weighted by Gasteiger charge is -2.31. The van der Waals surface area contributed by atoms with Gasteiger partial charge in [0.05, 0.1) is 17.1 Å². The topological polar surface area (TPSA) is 29.5 Å². The Morgan fingerprint density at radius 3 is 2.73 bits per heavy atom. The average Bonchev–Trinajstić information content (AvgIpc) is 2.15. The van der Waals surface area contributed by atoms with E-state index in [1.807, 2.05) is 23.1 Å². The van der Waals surface area contributed by atoms with E-state index in [1.165, 1.54) is 0 Å². The fraction of sp³-hybridized carbons (Fsp3) is 0.364. The molecule has 1 heterocycles. The first-order valence-electron chi connectivity index (χ1n) is 4.86. The summed E-state index contributed by atoms with van der Waals surface area (Å²) in [5.41, 5.74) is 0.675. The molecule has 1 fully saturated rings. The van der Waals surface area contributed by atoms with E-state index in [0.29, 0.717) is 11.3 Å². The van der Waals surface area contributed by atoms with Crippen LogP contribution in [-0.2, 0) is 0 Å². The second-order valence-corrected chi connectivity index (χ2v) is 4.26. The number of nitrogens with zero attached hydrogens (tertiary/aromatic N) is 1. The summed E-state index contributed by atoms with van der Waals surface area (Å²) in [6, 6.07) is 5.47. The highest BCUT2D eigenvalue weighted by molar-refractivity contribution is 9.10. The highest BCUT2D eigenvalue weighted by Crippen LogP contribution is 2.29. The van der Waals surface area contributed by atoms with Gasteiger partial charge in [-0.3, -0.25) is 4.79 Å². The molecular formula is C11H12BrNO2. The van der Waals surface area contributed by atoms with Crippen LogP contribution in [0.4, 0.5) is 0 Å². The number of rotatable bonds is 2. The molecule has 1 saturated heterocycles. The molecule has 0 spiro atoms. The fourth-order valence-electron chi connectivity index (χ4n) is 1.52. The first kappa shape index (κ1) is 10.5. The Balaban J connectivity index is 2.30. The van der Waals surface area contributed by atoms with E-state index in [9.17, 15) is 4.79 Å². The molecule has 1 amide bonds. The van der Waals surface area contributed by atoms with Crippen molar-refractivity contribution in [3.05, 3.63) is 28.2 Å². The number of hydrogen-bond donors (Lipinski definition) is 0. The van der Waals surface area contributed by atoms with Crippen LogP contribution in [0.3, 0.4) is 0 Å². The minimum absolute atomic E-state index is 0.0759. The molecule has 1 aromatic rings. The third-order valence-corrected chi connectivity index (χ3v) is 3.37. The summed E-state index contributed by atoms with van der Waals surface area (Å²) >= 11 is 3.39. The predicted octanol–water partition coefficient (Wildman–Crippen LogP) is 2.30. The Hall–Kier alpha value is -1.03. The molecule has 0 radical (unpaired) electrons. The van der Waals surface area contributed by atoms with Gasteiger partial charge in [-0.2, -0.15) is 0 Å². The van der Waals surface area contributed by atoms with Crippen LogP contribution in [0.5, 0.6) is 5.75 Å². The van der Waals surface area contributed by atoms with Crippen molar-refractivity contribution < 1.29 is 9.53 Å². The van der Waals surface area contributed by atoms with Gasteiger partial charge in [0.2, 0.25) is 0 Å². The van der Waals surface area contributed by atoms with E-state index in [1.54, 1.807) is 7.11 Å². The second kappa shape index (κ2) is 4.23. The summed E-state index contributed by atoms with van der Waals surface area (Å²) in [6.45, 7) is 1.73. The molecule has 0 unspecified atom stereocenters. The molecule has 1 aromatic carbocycles. The largest absolute Gasteiger partial charge is 0.496 e. The van der Waals surface area contributed by atoms with Crippen LogP contribution < -0.4 is 4.74 Å². The molecule has 0 aromatic heterocycles. The third-order valence-electron chi connectivity index (χ3n) is 2.56. The quantitative estimate of drug-likeness (QED) is 0.825. The second-order valence-electron chi connectivity index (χ2n) is 3.47. The lowest BCUT2D eigenvalue weighted by atomic mass is 10.1. The number of ether oxygens (including phenoxy) is 1. The maximum Gasteiger partial charge on any atom is 0.255 e. The third kappa shape index (κ3) is 1.86. The lowest BCUT2D eigenvalue weighted by molar-refractivity contribution is 0.0650. The van der Waals surface area contributed by atoms with Crippen molar-refractivity contribution in [2.45, 2.75) is 6.42 Å². The van der Waals surface area contributed by atoms with E-state index in [0.717, 1.165) is 24.0 Å². The zero-order valence-corrected chi connectivity index (χ0v) is 10.1. The molecule has 3 nitrogen and oxygen atoms in total. The summed E-state index contributed by atoms with van der Waals surface area (Å²) in [5.74, 6) is 0.772. The smallest absolute Gasteiger partial charge is 0.255 e. The maximum absolute atomic E-state index is 12.0. The maximum atomic E-state index is 12.0. The van der Waals surface area contributed by atoms with Crippen LogP contribution in [0.2, 0.25) is 0 Å². The van der Waals surface area contributed by atoms with Gasteiger partial charge >= 0.3 is 0 Å². The molecule has 0 aliphatic carbocycles. The molecule has 2 rings (SSSR count). The van der Waals surface area contributed by atoms with Crippen molar-refractivity contribution in [2.75, 3.05) is 20.2 Å². The number of amides is 1. The SMILES string of the molecule is COc1cccc(C(=O)N2CCC2)c1Br. The van der Waals surface area contributed by atoms with Gasteiger partial charge in [0.15, 0.2) is 0 Å². The molecule has 0 saturated carbocycles. The van der Waals surface area contributed by atoms with Crippen LogP contribution in [-0.4, -0.2) is 31.0 Å². The Bertz CT molecular complexity index is 388. The van der Waals surface area contributed by atoms with Crippen molar-refractivity contribution in [1.82, 2.24) is 4.90 Å². The molecule has 0 N–H and O–H groups in total. The number of carbonyl (C=O) groups excluding carboxylic acids is 1. The van der Waals surface area contributed by atoms with E-state index >= 15 is 0 Å². The van der Waals surface area contributed by atoms with Gasteiger partial charge in [-0.15, -0.1) is 0 Å². The van der Waals surface area contributed by atoms with Crippen LogP contribution in [0.1, 0.15) is 16.8 Å². The number of benzene rings is 1. The first-order valence-corrected chi connectivity index (χ1v) is 5.65. The Kier molecular flexibility index (Phi) is 2.95. The average molecular weight is 270 g/mol. The van der Waals surface area contributed by atoms with Crippen LogP contribution >= 0.6 is 15.9 Å². The van der Waals surface area contributed by atoms with Gasteiger partial charge in [-0.25, -0.2) is 0 Å². The molecular weight excluding hydrogens is 258 g/mol. The van der Waals surface area contributed by atoms with E-state index < -0.39 is 0 Å². The van der Waals surface area contributed by atoms with Crippen LogP contribution in [0.25, 0.3) is 0 Å². The zero-order valence-electron chi connectivity index (χ0n) is 8.50. The van der Waals surface area contributed by atoms with Gasteiger partial charge in [0.1, 0.15) is 5.75 Å². The summed E-state index contributed by atoms with van der Waals surface area (Å²) in [5, 5.41) is 0. The van der Waals surface area contributed by atoms with Crippen LogP contribution in [0.15, 0.2) is 22.7 Å². The molecule has 80 valence electrons. The number of hydrogen-bond acceptors (Lipinski definition) is 2. The van der Waals surface area contributed by atoms with Crippen LogP contribution in [0, 0.1) is 0 Å². The summed E-state index contributed by atoms with van der Waals surface area (Å²) in [6.07, 6.45) is 1.10. The Morgan fingerprint density at radius 1 is 1.47 bits per heavy atom. The summed E-state index contributed by atoms with van der Waals surface area (Å²) in [4.78, 5) is 13.8. The summed E-state index contributed by atoms with van der Waals surface area (Å²) < 4.78 is 5.89. The standard InChI is InChI=1S/C11H12BrNO2/c1-15-9-5-2-4-8(10(9)12)11(14)13-6-3-7-13/h2,4-5H,3,6-7H2,1H3. The Labute approximate surface area is 97.2 Å². The highest BCUT2D eigenvalue weighted by Gasteiger charge is 2.24. The fourth-order valence-corrected chi connectivity index (χ4v) is 2.12. The first-order chi connectivity index (χ1) is 7.24. The molecule has 0 bridgehead atoms. The molecule has 4 heteroatoms. The van der Waals surface area contributed by atoms with E-state index in [-0.39, 0.29) is 5.91 Å². The number of likely N-dealkylation sites (tertiary alicyclic amines) is 1. The number of halogens is 1. The normalized spacial score (nSPS) is 14.7. The van der Waals surface area contributed by atoms with Gasteiger partial charge in [0.25, 0.3) is 5.91 Å². The monoisotopic (exact) mass is 269 g/mol. The Morgan fingerprint density at radius 2 is 2.20 bits per heavy atom. The van der Waals surface area contributed by atoms with Crippen molar-refractivity contribution in [2.24, 2.45) is 0 Å². The summed E-state index contributed by atoms with van der Waals surface area (Å²) in [7, 11) is 1.60. The highest BCUT2D eigenvalue weighted by atomic mass is 79.9. The molecule has 1 aliphatic heterocycles. The lowest BCUT2D eigenvalue weighted by Crippen LogP contribution is -2.42. The van der Waals surface area contributed by atoms with Gasteiger partial charge in [-0.1, -0.05) is 6.07 Å². The van der Waals surface area contributed by atoms with Crippen molar-refractivity contribution >= 4 is 21.8 Å². The molecule has 1 aliphatic rings. The minimum atomic E-state index is 0.0759. The van der Waals surface area contributed by atoms with E-state index in [4.69, 9.17) is 4.74 Å². The molecule has 0 atom stereocenters. The molecule has 15 heavy (non-hydrogen) atoms. The number of carbonyl (C=O) groups is 1. The zero-order chi connectivity index (χ0) is 10.8. The minimum Gasteiger partial charge on any atom is -0.496 e. The number of methoxy groups -OCH3 is 1. The van der Waals surface area contributed by atoms with Gasteiger partial charge in [-0.05, 0) is 34.5 Å². The van der Waals surface area contributed by atoms with E-state index in [2.05, 4.69) is 15.9 Å². The van der Waals surface area contributed by atoms with Crippen molar-refractivity contribution in [1.29, 1.82) is 0 Å². The van der Waals surface area contributed by atoms with Crippen molar-refractivity contribution in [3.63, 3.8) is 0 Å².